The van der Waals surface area contributed by atoms with Crippen molar-refractivity contribution in [1.29, 1.82) is 0 Å². The van der Waals surface area contributed by atoms with Gasteiger partial charge in [-0.3, -0.25) is 0 Å². The third kappa shape index (κ3) is 3.69. The molecule has 1 N–H and O–H groups in total. The van der Waals surface area contributed by atoms with E-state index in [1.54, 1.807) is 0 Å². The molecule has 2 heteroatoms. The van der Waals surface area contributed by atoms with Gasteiger partial charge in [-0.2, -0.15) is 0 Å². The summed E-state index contributed by atoms with van der Waals surface area (Å²) in [5.41, 5.74) is 0. The number of ether oxygens (including phenoxy) is 1. The lowest BCUT2D eigenvalue weighted by atomic mass is 9.92. The van der Waals surface area contributed by atoms with E-state index in [1.807, 2.05) is 14.0 Å². The summed E-state index contributed by atoms with van der Waals surface area (Å²) in [5, 5.41) is 3.53. The van der Waals surface area contributed by atoms with Crippen LogP contribution in [0.25, 0.3) is 0 Å². The van der Waals surface area contributed by atoms with Crippen LogP contribution in [0.1, 0.15) is 39.0 Å². The fraction of sp³-hybridized carbons (Fsp3) is 0.833. The van der Waals surface area contributed by atoms with Crippen molar-refractivity contribution in [3.63, 3.8) is 0 Å². The van der Waals surface area contributed by atoms with Gasteiger partial charge in [0, 0.05) is 26.1 Å². The summed E-state index contributed by atoms with van der Waals surface area (Å²) < 4.78 is 5.46. The van der Waals surface area contributed by atoms with Gasteiger partial charge in [0.2, 0.25) is 0 Å². The first-order valence-corrected chi connectivity index (χ1v) is 5.54. The van der Waals surface area contributed by atoms with Gasteiger partial charge in [0.25, 0.3) is 0 Å². The van der Waals surface area contributed by atoms with Crippen LogP contribution in [-0.4, -0.2) is 25.8 Å². The summed E-state index contributed by atoms with van der Waals surface area (Å²) in [5.74, 6) is 5.98. The highest BCUT2D eigenvalue weighted by Gasteiger charge is 2.23. The van der Waals surface area contributed by atoms with Gasteiger partial charge in [0.1, 0.15) is 0 Å². The molecule has 0 radical (unpaired) electrons. The van der Waals surface area contributed by atoms with Crippen molar-refractivity contribution in [3.05, 3.63) is 0 Å². The summed E-state index contributed by atoms with van der Waals surface area (Å²) in [7, 11) is 1.82. The second-order valence-corrected chi connectivity index (χ2v) is 3.80. The molecule has 1 saturated carbocycles. The molecule has 0 bridgehead atoms. The largest absolute Gasteiger partial charge is 0.380 e. The summed E-state index contributed by atoms with van der Waals surface area (Å²) in [6.07, 6.45) is 6.45. The maximum Gasteiger partial charge on any atom is 0.0724 e. The molecule has 0 amide bonds. The predicted octanol–water partition coefficient (Wildman–Crippen LogP) is 1.95. The quantitative estimate of drug-likeness (QED) is 0.547. The second-order valence-electron chi connectivity index (χ2n) is 3.80. The highest BCUT2D eigenvalue weighted by Crippen LogP contribution is 2.20. The Morgan fingerprint density at radius 3 is 2.86 bits per heavy atom. The van der Waals surface area contributed by atoms with Crippen LogP contribution in [0.5, 0.6) is 0 Å². The van der Waals surface area contributed by atoms with Crippen molar-refractivity contribution in [1.82, 2.24) is 5.32 Å². The van der Waals surface area contributed by atoms with Crippen LogP contribution in [0.2, 0.25) is 0 Å². The third-order valence-corrected chi connectivity index (χ3v) is 2.84. The van der Waals surface area contributed by atoms with E-state index in [9.17, 15) is 0 Å². The summed E-state index contributed by atoms with van der Waals surface area (Å²) in [6, 6.07) is 0.549. The van der Waals surface area contributed by atoms with Crippen molar-refractivity contribution < 1.29 is 4.74 Å². The second kappa shape index (κ2) is 6.86. The van der Waals surface area contributed by atoms with Crippen LogP contribution in [0.4, 0.5) is 0 Å². The van der Waals surface area contributed by atoms with Crippen molar-refractivity contribution in [2.45, 2.75) is 51.2 Å². The van der Waals surface area contributed by atoms with Crippen LogP contribution >= 0.6 is 0 Å². The topological polar surface area (TPSA) is 21.3 Å². The van der Waals surface area contributed by atoms with E-state index >= 15 is 0 Å². The van der Waals surface area contributed by atoms with Gasteiger partial charge in [0.05, 0.1) is 6.10 Å². The number of hydrogen-bond donors (Lipinski definition) is 1. The lowest BCUT2D eigenvalue weighted by molar-refractivity contribution is 0.0422. The maximum absolute atomic E-state index is 5.46. The Morgan fingerprint density at radius 2 is 2.14 bits per heavy atom. The van der Waals surface area contributed by atoms with Gasteiger partial charge in [-0.05, 0) is 19.8 Å². The maximum atomic E-state index is 5.46. The lowest BCUT2D eigenvalue weighted by Crippen LogP contribution is -2.43. The van der Waals surface area contributed by atoms with Crippen LogP contribution in [0.3, 0.4) is 0 Å². The Kier molecular flexibility index (Phi) is 5.66. The van der Waals surface area contributed by atoms with E-state index in [1.165, 1.54) is 25.7 Å². The fourth-order valence-electron chi connectivity index (χ4n) is 2.06. The molecule has 0 aliphatic heterocycles. The summed E-state index contributed by atoms with van der Waals surface area (Å²) >= 11 is 0. The highest BCUT2D eigenvalue weighted by molar-refractivity contribution is 4.95. The van der Waals surface area contributed by atoms with Crippen LogP contribution < -0.4 is 5.32 Å². The molecular formula is C12H21NO. The van der Waals surface area contributed by atoms with Gasteiger partial charge < -0.3 is 10.1 Å². The summed E-state index contributed by atoms with van der Waals surface area (Å²) in [6.45, 7) is 2.88. The first-order valence-electron chi connectivity index (χ1n) is 5.54. The Balaban J connectivity index is 2.21. The van der Waals surface area contributed by atoms with Gasteiger partial charge in [-0.1, -0.05) is 12.8 Å². The molecule has 80 valence electrons. The number of rotatable bonds is 4. The molecule has 0 aromatic heterocycles. The monoisotopic (exact) mass is 195 g/mol. The normalized spacial score (nSPS) is 26.7. The van der Waals surface area contributed by atoms with Crippen LogP contribution in [0.15, 0.2) is 0 Å². The third-order valence-electron chi connectivity index (χ3n) is 2.84. The van der Waals surface area contributed by atoms with Crippen molar-refractivity contribution in [2.75, 3.05) is 13.7 Å². The first kappa shape index (κ1) is 11.6. The highest BCUT2D eigenvalue weighted by atomic mass is 16.5. The standard InChI is InChI=1S/C12H21NO/c1-3-4-7-10-13-11-8-5-6-9-12(11)14-2/h11-13H,5-10H2,1-2H3. The zero-order chi connectivity index (χ0) is 10.2. The molecule has 0 aromatic rings. The molecule has 0 heterocycles. The Hall–Kier alpha value is -0.520. The van der Waals surface area contributed by atoms with Gasteiger partial charge in [-0.15, -0.1) is 11.8 Å². The molecule has 0 spiro atoms. The molecule has 0 aromatic carbocycles. The molecule has 1 aliphatic carbocycles. The van der Waals surface area contributed by atoms with Crippen LogP contribution in [0, 0.1) is 11.8 Å². The molecule has 0 saturated heterocycles. The number of nitrogens with one attached hydrogen (secondary N) is 1. The van der Waals surface area contributed by atoms with Crippen molar-refractivity contribution in [2.24, 2.45) is 0 Å². The molecule has 2 atom stereocenters. The minimum Gasteiger partial charge on any atom is -0.380 e. The van der Waals surface area contributed by atoms with Gasteiger partial charge >= 0.3 is 0 Å². The minimum absolute atomic E-state index is 0.415. The minimum atomic E-state index is 0.415. The molecular weight excluding hydrogens is 174 g/mol. The average Bonchev–Trinajstić information content (AvgIpc) is 2.25. The molecule has 1 rings (SSSR count). The van der Waals surface area contributed by atoms with E-state index in [4.69, 9.17) is 4.74 Å². The van der Waals surface area contributed by atoms with E-state index in [0.29, 0.717) is 12.1 Å². The number of hydrogen-bond acceptors (Lipinski definition) is 2. The molecule has 2 nitrogen and oxygen atoms in total. The summed E-state index contributed by atoms with van der Waals surface area (Å²) in [4.78, 5) is 0. The SMILES string of the molecule is CC#CCCNC1CCCCC1OC. The van der Waals surface area contributed by atoms with Gasteiger partial charge in [-0.25, -0.2) is 0 Å². The van der Waals surface area contributed by atoms with E-state index in [0.717, 1.165) is 13.0 Å². The molecule has 1 fully saturated rings. The smallest absolute Gasteiger partial charge is 0.0724 e. The first-order chi connectivity index (χ1) is 6.88. The molecule has 14 heavy (non-hydrogen) atoms. The lowest BCUT2D eigenvalue weighted by Gasteiger charge is -2.31. The fourth-order valence-corrected chi connectivity index (χ4v) is 2.06. The van der Waals surface area contributed by atoms with E-state index < -0.39 is 0 Å². The number of methoxy groups -OCH3 is 1. The molecule has 1 aliphatic rings. The van der Waals surface area contributed by atoms with Crippen molar-refractivity contribution in [3.8, 4) is 11.8 Å². The zero-order valence-electron chi connectivity index (χ0n) is 9.31. The van der Waals surface area contributed by atoms with E-state index in [-0.39, 0.29) is 0 Å². The van der Waals surface area contributed by atoms with Crippen molar-refractivity contribution >= 4 is 0 Å². The van der Waals surface area contributed by atoms with Gasteiger partial charge in [0.15, 0.2) is 0 Å². The van der Waals surface area contributed by atoms with Crippen LogP contribution in [-0.2, 0) is 4.74 Å². The van der Waals surface area contributed by atoms with E-state index in [2.05, 4.69) is 17.2 Å². The Labute approximate surface area is 87.4 Å². The average molecular weight is 195 g/mol. The Bertz CT molecular complexity index is 204. The zero-order valence-corrected chi connectivity index (χ0v) is 9.31. The molecule has 2 unspecified atom stereocenters. The Morgan fingerprint density at radius 1 is 1.36 bits per heavy atom. The predicted molar refractivity (Wildman–Crippen MR) is 59.1 cm³/mol.